The molecule has 2 N–H and O–H groups in total. The fourth-order valence-corrected chi connectivity index (χ4v) is 7.09. The first-order valence-corrected chi connectivity index (χ1v) is 17.3. The second-order valence-electron chi connectivity index (χ2n) is 12.2. The number of ketones is 1. The predicted octanol–water partition coefficient (Wildman–Crippen LogP) is 3.59. The van der Waals surface area contributed by atoms with Crippen molar-refractivity contribution >= 4 is 35.3 Å². The van der Waals surface area contributed by atoms with Crippen LogP contribution >= 0.6 is 11.8 Å². The first-order valence-electron chi connectivity index (χ1n) is 16.2. The second kappa shape index (κ2) is 18.2. The van der Waals surface area contributed by atoms with Crippen LogP contribution in [0.1, 0.15) is 70.8 Å². The number of fused-ring (bicyclic) bond motifs is 3. The fraction of sp³-hybridized carbons (Fsp3) is 0.618. The van der Waals surface area contributed by atoms with Crippen LogP contribution in [0.15, 0.2) is 46.6 Å². The van der Waals surface area contributed by atoms with Crippen molar-refractivity contribution in [3.8, 4) is 0 Å². The Morgan fingerprint density at radius 3 is 2.61 bits per heavy atom. The predicted molar refractivity (Wildman–Crippen MR) is 178 cm³/mol. The van der Waals surface area contributed by atoms with Crippen LogP contribution in [0.25, 0.3) is 0 Å². The normalized spacial score (nSPS) is 28.4. The van der Waals surface area contributed by atoms with Crippen molar-refractivity contribution in [2.75, 3.05) is 38.5 Å². The molecular formula is C34H50N4O7S. The number of carbonyl (C=O) groups is 4. The number of aliphatic hydroxyl groups excluding tert-OH is 1. The number of hydrogen-bond acceptors (Lipinski definition) is 10. The van der Waals surface area contributed by atoms with Gasteiger partial charge >= 0.3 is 5.97 Å². The van der Waals surface area contributed by atoms with Crippen LogP contribution in [0.3, 0.4) is 0 Å². The molecule has 1 saturated heterocycles. The van der Waals surface area contributed by atoms with Gasteiger partial charge in [0.1, 0.15) is 24.2 Å². The van der Waals surface area contributed by atoms with E-state index < -0.39 is 30.1 Å². The molecule has 2 bridgehead atoms. The zero-order chi connectivity index (χ0) is 33.8. The molecule has 1 aromatic rings. The lowest BCUT2D eigenvalue weighted by molar-refractivity contribution is -0.157. The number of cyclic esters (lactones) is 1. The number of aliphatic hydroxyl groups is 1. The number of aromatic nitrogens is 1. The smallest absolute Gasteiger partial charge is 0.330 e. The second-order valence-corrected chi connectivity index (χ2v) is 13.6. The van der Waals surface area contributed by atoms with Gasteiger partial charge in [0.05, 0.1) is 12.5 Å². The number of thioether (sulfide) groups is 1. The molecular weight excluding hydrogens is 608 g/mol. The summed E-state index contributed by atoms with van der Waals surface area (Å²) in [6, 6.07) is -0.838. The number of rotatable bonds is 7. The molecule has 0 aromatic carbocycles. The van der Waals surface area contributed by atoms with Gasteiger partial charge in [-0.3, -0.25) is 14.4 Å². The largest absolute Gasteiger partial charge is 0.460 e. The summed E-state index contributed by atoms with van der Waals surface area (Å²) in [6.07, 6.45) is 8.17. The lowest BCUT2D eigenvalue weighted by atomic mass is 9.94. The molecule has 46 heavy (non-hydrogen) atoms. The van der Waals surface area contributed by atoms with E-state index in [9.17, 15) is 24.3 Å². The molecule has 3 heterocycles. The Balaban J connectivity index is 1.92. The Morgan fingerprint density at radius 1 is 1.17 bits per heavy atom. The molecule has 1 aromatic heterocycles. The molecule has 2 amide bonds. The quantitative estimate of drug-likeness (QED) is 0.418. The maximum absolute atomic E-state index is 14.0. The van der Waals surface area contributed by atoms with Gasteiger partial charge in [0.15, 0.2) is 5.69 Å². The van der Waals surface area contributed by atoms with Crippen molar-refractivity contribution in [3.05, 3.63) is 53.8 Å². The van der Waals surface area contributed by atoms with Crippen molar-refractivity contribution in [2.24, 2.45) is 11.8 Å². The summed E-state index contributed by atoms with van der Waals surface area (Å²) < 4.78 is 11.6. The van der Waals surface area contributed by atoms with Crippen LogP contribution in [-0.4, -0.2) is 105 Å². The van der Waals surface area contributed by atoms with E-state index in [-0.39, 0.29) is 59.7 Å². The summed E-state index contributed by atoms with van der Waals surface area (Å²) in [7, 11) is 0. The van der Waals surface area contributed by atoms with E-state index in [1.807, 2.05) is 20.8 Å². The molecule has 1 fully saturated rings. The minimum atomic E-state index is -1.02. The van der Waals surface area contributed by atoms with Crippen LogP contribution in [0.5, 0.6) is 0 Å². The highest BCUT2D eigenvalue weighted by Gasteiger charge is 2.45. The summed E-state index contributed by atoms with van der Waals surface area (Å²) in [6.45, 7) is 15.2. The maximum Gasteiger partial charge on any atom is 0.330 e. The Bertz CT molecular complexity index is 1290. The van der Waals surface area contributed by atoms with E-state index in [4.69, 9.17) is 9.15 Å². The van der Waals surface area contributed by atoms with Crippen molar-refractivity contribution in [3.63, 3.8) is 0 Å². The van der Waals surface area contributed by atoms with Crippen LogP contribution in [0, 0.1) is 11.8 Å². The minimum absolute atomic E-state index is 0.0110. The third kappa shape index (κ3) is 10.9. The number of hydrogen-bond donors (Lipinski definition) is 2. The SMILES string of the molecule is CCN(CC)CCS[C@@H]1CCN2C(=O)c3coc(n3)CC(=O)C[C@H](O)/C=C(C)/C=C/CNC(=O)/C=C/C(C)C(C(C)C)OC(=O)[C@@H]12. The summed E-state index contributed by atoms with van der Waals surface area (Å²) in [5.41, 5.74) is 0.740. The Labute approximate surface area is 276 Å². The molecule has 0 radical (unpaired) electrons. The number of oxazole rings is 1. The molecule has 3 rings (SSSR count). The topological polar surface area (TPSA) is 142 Å². The summed E-state index contributed by atoms with van der Waals surface area (Å²) in [5, 5.41) is 13.0. The van der Waals surface area contributed by atoms with Crippen LogP contribution in [0.2, 0.25) is 0 Å². The highest BCUT2D eigenvalue weighted by molar-refractivity contribution is 8.00. The van der Waals surface area contributed by atoms with Crippen molar-refractivity contribution in [1.29, 1.82) is 0 Å². The van der Waals surface area contributed by atoms with Gasteiger partial charge in [-0.15, -0.1) is 0 Å². The van der Waals surface area contributed by atoms with Crippen LogP contribution in [0.4, 0.5) is 0 Å². The average Bonchev–Trinajstić information content (AvgIpc) is 3.65. The fourth-order valence-electron chi connectivity index (χ4n) is 5.71. The third-order valence-electron chi connectivity index (χ3n) is 8.24. The van der Waals surface area contributed by atoms with E-state index in [0.29, 0.717) is 13.0 Å². The summed E-state index contributed by atoms with van der Waals surface area (Å²) in [4.78, 5) is 61.0. The van der Waals surface area contributed by atoms with E-state index in [2.05, 4.69) is 29.0 Å². The van der Waals surface area contributed by atoms with Crippen molar-refractivity contribution in [2.45, 2.75) is 84.3 Å². The molecule has 0 spiro atoms. The first-order chi connectivity index (χ1) is 21.9. The van der Waals surface area contributed by atoms with Gasteiger partial charge in [0.2, 0.25) is 11.8 Å². The number of nitrogens with one attached hydrogen (secondary N) is 1. The molecule has 11 nitrogen and oxygen atoms in total. The monoisotopic (exact) mass is 658 g/mol. The highest BCUT2D eigenvalue weighted by Crippen LogP contribution is 2.32. The number of ether oxygens (including phenoxy) is 1. The molecule has 0 aliphatic carbocycles. The Kier molecular flexibility index (Phi) is 14.7. The molecule has 2 aliphatic rings. The van der Waals surface area contributed by atoms with Crippen molar-refractivity contribution < 1.29 is 33.4 Å². The minimum Gasteiger partial charge on any atom is -0.460 e. The zero-order valence-corrected chi connectivity index (χ0v) is 28.8. The maximum atomic E-state index is 14.0. The molecule has 5 atom stereocenters. The Hall–Kier alpha value is -3.22. The van der Waals surface area contributed by atoms with Gasteiger partial charge in [0, 0.05) is 43.0 Å². The van der Waals surface area contributed by atoms with Gasteiger partial charge in [-0.25, -0.2) is 9.78 Å². The first kappa shape index (κ1) is 37.2. The number of allylic oxidation sites excluding steroid dienone is 2. The van der Waals surface area contributed by atoms with E-state index >= 15 is 0 Å². The molecule has 254 valence electrons. The lowest BCUT2D eigenvalue weighted by Crippen LogP contribution is -2.47. The van der Waals surface area contributed by atoms with E-state index in [1.165, 1.54) is 17.2 Å². The number of esters is 1. The highest BCUT2D eigenvalue weighted by atomic mass is 32.2. The van der Waals surface area contributed by atoms with Gasteiger partial charge in [-0.1, -0.05) is 64.5 Å². The van der Waals surface area contributed by atoms with Crippen molar-refractivity contribution in [1.82, 2.24) is 20.1 Å². The summed E-state index contributed by atoms with van der Waals surface area (Å²) >= 11 is 1.66. The summed E-state index contributed by atoms with van der Waals surface area (Å²) in [5.74, 6) is -1.01. The Morgan fingerprint density at radius 2 is 1.91 bits per heavy atom. The number of Topliss-reactive ketones (excluding diaryl/α,β-unsaturated/α-hetero) is 1. The number of nitrogens with zero attached hydrogens (tertiary/aromatic N) is 3. The van der Waals surface area contributed by atoms with Gasteiger partial charge in [-0.2, -0.15) is 11.8 Å². The van der Waals surface area contributed by atoms with Crippen LogP contribution < -0.4 is 5.32 Å². The third-order valence-corrected chi connectivity index (χ3v) is 9.58. The van der Waals surface area contributed by atoms with E-state index in [1.54, 1.807) is 43.0 Å². The molecule has 2 unspecified atom stereocenters. The van der Waals surface area contributed by atoms with E-state index in [0.717, 1.165) is 31.0 Å². The van der Waals surface area contributed by atoms with Crippen LogP contribution in [-0.2, 0) is 25.5 Å². The van der Waals surface area contributed by atoms with Gasteiger partial charge in [-0.05, 0) is 38.4 Å². The lowest BCUT2D eigenvalue weighted by Gasteiger charge is -2.31. The zero-order valence-electron chi connectivity index (χ0n) is 27.9. The molecule has 0 saturated carbocycles. The van der Waals surface area contributed by atoms with Gasteiger partial charge < -0.3 is 29.4 Å². The number of amides is 2. The average molecular weight is 659 g/mol. The van der Waals surface area contributed by atoms with Gasteiger partial charge in [0.25, 0.3) is 5.91 Å². The molecule has 2 aliphatic heterocycles. The molecule has 12 heteroatoms. The number of carbonyl (C=O) groups excluding carboxylic acids is 4. The standard InChI is InChI=1S/C34H50N4O7S/c1-7-37(8-2)16-17-46-28-13-15-38-31(28)34(43)45-32(22(3)4)24(6)11-12-29(41)35-14-9-10-23(5)18-25(39)19-26(40)20-30-36-27(21-44-30)33(38)42/h9-12,18,21-22,24-25,28,31-32,39H,7-8,13-17,19-20H2,1-6H3,(H,35,41)/b10-9+,12-11+,23-18+/t24?,25-,28-,31-,32?/m1/s1.